The molecule has 0 fully saturated rings. The summed E-state index contributed by atoms with van der Waals surface area (Å²) in [7, 11) is 0. The summed E-state index contributed by atoms with van der Waals surface area (Å²) in [6, 6.07) is 1.93. The van der Waals surface area contributed by atoms with E-state index in [9.17, 15) is 4.79 Å². The fourth-order valence-electron chi connectivity index (χ4n) is 1.83. The van der Waals surface area contributed by atoms with Gasteiger partial charge in [-0.3, -0.25) is 0 Å². The molecule has 0 saturated carbocycles. The Kier molecular flexibility index (Phi) is 3.72. The number of hydrogen-bond donors (Lipinski definition) is 1. The van der Waals surface area contributed by atoms with Gasteiger partial charge < -0.3 is 10.1 Å². The number of ether oxygens (including phenoxy) is 1. The number of nitrogens with one attached hydrogen (secondary N) is 1. The van der Waals surface area contributed by atoms with Crippen molar-refractivity contribution in [1.29, 1.82) is 5.26 Å². The molecule has 0 aromatic heterocycles. The van der Waals surface area contributed by atoms with Crippen LogP contribution in [0.4, 0.5) is 0 Å². The van der Waals surface area contributed by atoms with Crippen molar-refractivity contribution < 1.29 is 9.53 Å². The van der Waals surface area contributed by atoms with E-state index >= 15 is 0 Å². The standard InChI is InChI=1S/C12H13N3O2S/c1-3-17-12(16)9(6-13)10-8-4-5-18-11(8)15-7(2)14-10/h3-5H2,1-2H3,(H,14,15)/b10-9-. The molecular formula is C12H13N3O2S. The fraction of sp³-hybridized carbons (Fsp3) is 0.417. The van der Waals surface area contributed by atoms with Gasteiger partial charge in [-0.05, 0) is 20.3 Å². The predicted octanol–water partition coefficient (Wildman–Crippen LogP) is 1.70. The molecule has 0 amide bonds. The van der Waals surface area contributed by atoms with Crippen molar-refractivity contribution >= 4 is 23.6 Å². The molecule has 0 aliphatic carbocycles. The summed E-state index contributed by atoms with van der Waals surface area (Å²) in [5.41, 5.74) is 1.53. The minimum absolute atomic E-state index is 0.0288. The van der Waals surface area contributed by atoms with Crippen molar-refractivity contribution in [3.8, 4) is 6.07 Å². The first-order valence-corrected chi connectivity index (χ1v) is 6.66. The van der Waals surface area contributed by atoms with Crippen molar-refractivity contribution in [2.45, 2.75) is 20.3 Å². The first kappa shape index (κ1) is 12.7. The van der Waals surface area contributed by atoms with Gasteiger partial charge in [0.1, 0.15) is 16.9 Å². The Hall–Kier alpha value is -1.74. The van der Waals surface area contributed by atoms with Gasteiger partial charge in [0.2, 0.25) is 0 Å². The lowest BCUT2D eigenvalue weighted by atomic mass is 10.0. The number of carbonyl (C=O) groups excluding carboxylic acids is 1. The fourth-order valence-corrected chi connectivity index (χ4v) is 2.91. The van der Waals surface area contributed by atoms with Crippen molar-refractivity contribution in [2.24, 2.45) is 4.99 Å². The lowest BCUT2D eigenvalue weighted by Gasteiger charge is -2.18. The molecule has 0 saturated heterocycles. The second-order valence-electron chi connectivity index (χ2n) is 3.79. The monoisotopic (exact) mass is 263 g/mol. The lowest BCUT2D eigenvalue weighted by molar-refractivity contribution is -0.138. The molecular weight excluding hydrogens is 250 g/mol. The highest BCUT2D eigenvalue weighted by Gasteiger charge is 2.28. The zero-order valence-corrected chi connectivity index (χ0v) is 11.1. The average molecular weight is 263 g/mol. The zero-order chi connectivity index (χ0) is 13.1. The Morgan fingerprint density at radius 1 is 1.67 bits per heavy atom. The molecule has 18 heavy (non-hydrogen) atoms. The highest BCUT2D eigenvalue weighted by atomic mass is 32.2. The van der Waals surface area contributed by atoms with E-state index in [0.29, 0.717) is 11.5 Å². The van der Waals surface area contributed by atoms with Crippen molar-refractivity contribution in [3.63, 3.8) is 0 Å². The number of esters is 1. The molecule has 1 N–H and O–H groups in total. The maximum Gasteiger partial charge on any atom is 0.351 e. The van der Waals surface area contributed by atoms with E-state index in [4.69, 9.17) is 10.00 Å². The van der Waals surface area contributed by atoms with Crippen molar-refractivity contribution in [2.75, 3.05) is 12.4 Å². The molecule has 94 valence electrons. The van der Waals surface area contributed by atoms with E-state index in [1.807, 2.05) is 13.0 Å². The number of hydrogen-bond acceptors (Lipinski definition) is 6. The Morgan fingerprint density at radius 3 is 3.11 bits per heavy atom. The molecule has 0 spiro atoms. The number of aliphatic imine (C=N–C) groups is 1. The summed E-state index contributed by atoms with van der Waals surface area (Å²) in [6.07, 6.45) is 0.809. The Bertz CT molecular complexity index is 526. The molecule has 2 rings (SSSR count). The smallest absolute Gasteiger partial charge is 0.351 e. The molecule has 0 bridgehead atoms. The van der Waals surface area contributed by atoms with Gasteiger partial charge in [-0.15, -0.1) is 11.8 Å². The van der Waals surface area contributed by atoms with Crippen LogP contribution in [-0.4, -0.2) is 24.2 Å². The molecule has 0 unspecified atom stereocenters. The number of rotatable bonds is 2. The molecule has 2 aliphatic heterocycles. The van der Waals surface area contributed by atoms with Crippen LogP contribution in [0.1, 0.15) is 20.3 Å². The first-order valence-electron chi connectivity index (χ1n) is 5.67. The van der Waals surface area contributed by atoms with Crippen LogP contribution in [0.3, 0.4) is 0 Å². The zero-order valence-electron chi connectivity index (χ0n) is 10.2. The van der Waals surface area contributed by atoms with Crippen LogP contribution in [0.5, 0.6) is 0 Å². The van der Waals surface area contributed by atoms with Crippen LogP contribution in [-0.2, 0) is 9.53 Å². The van der Waals surface area contributed by atoms with E-state index in [1.165, 1.54) is 0 Å². The van der Waals surface area contributed by atoms with Gasteiger partial charge in [0.25, 0.3) is 0 Å². The second-order valence-corrected chi connectivity index (χ2v) is 4.87. The number of carbonyl (C=O) groups is 1. The van der Waals surface area contributed by atoms with Crippen LogP contribution in [0.25, 0.3) is 0 Å². The van der Waals surface area contributed by atoms with Gasteiger partial charge in [-0.2, -0.15) is 5.26 Å². The van der Waals surface area contributed by atoms with Crippen molar-refractivity contribution in [3.05, 3.63) is 21.9 Å². The highest BCUT2D eigenvalue weighted by Crippen LogP contribution is 2.38. The summed E-state index contributed by atoms with van der Waals surface area (Å²) in [5, 5.41) is 13.1. The third-order valence-electron chi connectivity index (χ3n) is 2.57. The van der Waals surface area contributed by atoms with Gasteiger partial charge >= 0.3 is 5.97 Å². The average Bonchev–Trinajstić information content (AvgIpc) is 2.78. The number of nitrogens with zero attached hydrogens (tertiary/aromatic N) is 2. The van der Waals surface area contributed by atoms with Gasteiger partial charge in [-0.25, -0.2) is 9.79 Å². The van der Waals surface area contributed by atoms with Crippen LogP contribution in [0.2, 0.25) is 0 Å². The summed E-state index contributed by atoms with van der Waals surface area (Å²) >= 11 is 1.64. The predicted molar refractivity (Wildman–Crippen MR) is 69.6 cm³/mol. The summed E-state index contributed by atoms with van der Waals surface area (Å²) in [4.78, 5) is 16.1. The number of nitriles is 1. The van der Waals surface area contributed by atoms with E-state index in [1.54, 1.807) is 18.7 Å². The number of thioether (sulfide) groups is 1. The third-order valence-corrected chi connectivity index (χ3v) is 3.59. The molecule has 2 aliphatic rings. The normalized spacial score (nSPS) is 20.6. The van der Waals surface area contributed by atoms with Crippen LogP contribution in [0, 0.1) is 11.3 Å². The quantitative estimate of drug-likeness (QED) is 0.466. The maximum atomic E-state index is 11.8. The lowest BCUT2D eigenvalue weighted by Crippen LogP contribution is -2.27. The van der Waals surface area contributed by atoms with Crippen LogP contribution in [0.15, 0.2) is 26.9 Å². The van der Waals surface area contributed by atoms with Gasteiger partial charge in [-0.1, -0.05) is 0 Å². The Labute approximate surface area is 110 Å². The van der Waals surface area contributed by atoms with E-state index in [0.717, 1.165) is 22.8 Å². The van der Waals surface area contributed by atoms with Gasteiger partial charge in [0, 0.05) is 11.3 Å². The summed E-state index contributed by atoms with van der Waals surface area (Å²) in [6.45, 7) is 3.78. The third kappa shape index (κ3) is 2.27. The van der Waals surface area contributed by atoms with Crippen molar-refractivity contribution in [1.82, 2.24) is 5.32 Å². The second kappa shape index (κ2) is 5.27. The molecule has 5 nitrogen and oxygen atoms in total. The number of allylic oxidation sites excluding steroid dienone is 1. The molecule has 0 aromatic carbocycles. The maximum absolute atomic E-state index is 11.8. The Morgan fingerprint density at radius 2 is 2.44 bits per heavy atom. The molecule has 0 aromatic rings. The van der Waals surface area contributed by atoms with Crippen LogP contribution < -0.4 is 5.32 Å². The Balaban J connectivity index is 2.45. The minimum atomic E-state index is -0.582. The molecule has 6 heteroatoms. The van der Waals surface area contributed by atoms with Gasteiger partial charge in [0.15, 0.2) is 5.57 Å². The first-order chi connectivity index (χ1) is 8.67. The summed E-state index contributed by atoms with van der Waals surface area (Å²) < 4.78 is 4.90. The molecule has 2 heterocycles. The number of amidine groups is 1. The van der Waals surface area contributed by atoms with Gasteiger partial charge in [0.05, 0.1) is 12.3 Å². The van der Waals surface area contributed by atoms with E-state index in [-0.39, 0.29) is 12.2 Å². The summed E-state index contributed by atoms with van der Waals surface area (Å²) in [5.74, 6) is 1.03. The molecule has 0 atom stereocenters. The largest absolute Gasteiger partial charge is 0.462 e. The van der Waals surface area contributed by atoms with E-state index < -0.39 is 5.97 Å². The highest BCUT2D eigenvalue weighted by molar-refractivity contribution is 8.03. The van der Waals surface area contributed by atoms with Crippen LogP contribution >= 0.6 is 11.8 Å². The van der Waals surface area contributed by atoms with E-state index in [2.05, 4.69) is 10.3 Å². The molecule has 0 radical (unpaired) electrons. The topological polar surface area (TPSA) is 74.5 Å². The SMILES string of the molecule is CCOC(=O)/C(C#N)=C1\NC(C)=NC2=C1CCS2. The minimum Gasteiger partial charge on any atom is -0.462 e.